The van der Waals surface area contributed by atoms with Crippen molar-refractivity contribution in [3.05, 3.63) is 70.2 Å². The topological polar surface area (TPSA) is 47.6 Å². The molecular weight excluding hydrogens is 369 g/mol. The molecule has 27 heavy (non-hydrogen) atoms. The van der Waals surface area contributed by atoms with Crippen LogP contribution in [0, 0.1) is 5.82 Å². The van der Waals surface area contributed by atoms with Crippen molar-refractivity contribution in [3.8, 4) is 5.75 Å². The van der Waals surface area contributed by atoms with Crippen LogP contribution in [-0.4, -0.2) is 18.6 Å². The number of fused-ring (bicyclic) bond motifs is 1. The van der Waals surface area contributed by atoms with E-state index >= 15 is 0 Å². The first-order valence-corrected chi connectivity index (χ1v) is 8.78. The fourth-order valence-electron chi connectivity index (χ4n) is 3.44. The Kier molecular flexibility index (Phi) is 4.00. The normalized spacial score (nSPS) is 20.0. The van der Waals surface area contributed by atoms with Gasteiger partial charge in [-0.15, -0.1) is 0 Å². The van der Waals surface area contributed by atoms with E-state index in [0.717, 1.165) is 11.1 Å². The summed E-state index contributed by atoms with van der Waals surface area (Å²) in [5.74, 6) is 0.316. The summed E-state index contributed by atoms with van der Waals surface area (Å²) in [5.41, 5.74) is 2.56. The number of ether oxygens (including phenoxy) is 2. The predicted octanol–water partition coefficient (Wildman–Crippen LogP) is 5.04. The Labute approximate surface area is 161 Å². The van der Waals surface area contributed by atoms with Gasteiger partial charge in [-0.25, -0.2) is 4.39 Å². The van der Waals surface area contributed by atoms with Gasteiger partial charge in [-0.05, 0) is 55.8 Å². The summed E-state index contributed by atoms with van der Waals surface area (Å²) < 4.78 is 24.8. The molecule has 2 aromatic carbocycles. The van der Waals surface area contributed by atoms with Crippen molar-refractivity contribution >= 4 is 34.3 Å². The van der Waals surface area contributed by atoms with Gasteiger partial charge in [0.1, 0.15) is 22.9 Å². The zero-order chi connectivity index (χ0) is 19.3. The van der Waals surface area contributed by atoms with Crippen LogP contribution >= 0.6 is 11.6 Å². The summed E-state index contributed by atoms with van der Waals surface area (Å²) >= 11 is 6.26. The summed E-state index contributed by atoms with van der Waals surface area (Å²) in [7, 11) is 1.56. The first-order valence-electron chi connectivity index (χ1n) is 8.41. The molecule has 0 atom stereocenters. The second-order valence-electron chi connectivity index (χ2n) is 6.90. The van der Waals surface area contributed by atoms with Crippen molar-refractivity contribution in [3.63, 3.8) is 0 Å². The van der Waals surface area contributed by atoms with E-state index < -0.39 is 11.4 Å². The Hall–Kier alpha value is -2.79. The Bertz CT molecular complexity index is 1040. The van der Waals surface area contributed by atoms with Crippen molar-refractivity contribution in [2.75, 3.05) is 12.4 Å². The lowest BCUT2D eigenvalue weighted by Gasteiger charge is -2.23. The number of methoxy groups -OCH3 is 1. The highest BCUT2D eigenvalue weighted by Crippen LogP contribution is 2.45. The minimum Gasteiger partial charge on any atom is -0.495 e. The highest BCUT2D eigenvalue weighted by molar-refractivity contribution is 6.33. The zero-order valence-electron chi connectivity index (χ0n) is 15.0. The van der Waals surface area contributed by atoms with E-state index in [1.165, 1.54) is 12.1 Å². The molecule has 0 radical (unpaired) electrons. The van der Waals surface area contributed by atoms with E-state index in [4.69, 9.17) is 21.1 Å². The summed E-state index contributed by atoms with van der Waals surface area (Å²) in [4.78, 5) is 12.5. The van der Waals surface area contributed by atoms with E-state index in [1.54, 1.807) is 19.2 Å². The van der Waals surface area contributed by atoms with Crippen LogP contribution in [-0.2, 0) is 9.53 Å². The van der Waals surface area contributed by atoms with E-state index in [1.807, 2.05) is 32.1 Å². The molecule has 2 heterocycles. The number of carbonyl (C=O) groups excluding carboxylic acids is 1. The molecule has 0 saturated carbocycles. The summed E-state index contributed by atoms with van der Waals surface area (Å²) in [6, 6.07) is 9.70. The summed E-state index contributed by atoms with van der Waals surface area (Å²) in [5, 5.41) is 3.18. The van der Waals surface area contributed by atoms with Crippen LogP contribution in [0.15, 0.2) is 48.2 Å². The molecule has 2 aliphatic heterocycles. The maximum absolute atomic E-state index is 13.5. The van der Waals surface area contributed by atoms with Crippen LogP contribution in [0.4, 0.5) is 10.1 Å². The van der Waals surface area contributed by atoms with Gasteiger partial charge in [0.2, 0.25) is 0 Å². The third-order valence-electron chi connectivity index (χ3n) is 4.72. The lowest BCUT2D eigenvalue weighted by molar-refractivity contribution is -0.111. The maximum atomic E-state index is 13.5. The fraction of sp³-hybridized carbons (Fsp3) is 0.190. The molecule has 4 rings (SSSR count). The molecular formula is C21H17ClFNO3. The van der Waals surface area contributed by atoms with Crippen LogP contribution in [0.25, 0.3) is 11.1 Å². The number of amides is 1. The number of hydrogen-bond acceptors (Lipinski definition) is 3. The highest BCUT2D eigenvalue weighted by atomic mass is 35.5. The number of allylic oxidation sites excluding steroid dienone is 1. The van der Waals surface area contributed by atoms with E-state index in [9.17, 15) is 9.18 Å². The quantitative estimate of drug-likeness (QED) is 0.736. The third-order valence-corrected chi connectivity index (χ3v) is 5.02. The molecule has 0 bridgehead atoms. The number of halogens is 2. The van der Waals surface area contributed by atoms with Gasteiger partial charge < -0.3 is 14.8 Å². The Morgan fingerprint density at radius 1 is 1.19 bits per heavy atom. The monoisotopic (exact) mass is 385 g/mol. The van der Waals surface area contributed by atoms with Crippen molar-refractivity contribution in [2.24, 2.45) is 0 Å². The van der Waals surface area contributed by atoms with Gasteiger partial charge in [0.25, 0.3) is 5.91 Å². The predicted molar refractivity (Wildman–Crippen MR) is 103 cm³/mol. The van der Waals surface area contributed by atoms with Crippen molar-refractivity contribution < 1.29 is 18.7 Å². The van der Waals surface area contributed by atoms with Gasteiger partial charge >= 0.3 is 0 Å². The maximum Gasteiger partial charge on any atom is 0.260 e. The van der Waals surface area contributed by atoms with E-state index in [2.05, 4.69) is 5.32 Å². The lowest BCUT2D eigenvalue weighted by Crippen LogP contribution is -2.21. The minimum absolute atomic E-state index is 0.313. The molecule has 0 aromatic heterocycles. The number of anilines is 1. The number of carbonyl (C=O) groups is 1. The lowest BCUT2D eigenvalue weighted by atomic mass is 9.92. The van der Waals surface area contributed by atoms with Crippen molar-refractivity contribution in [2.45, 2.75) is 19.4 Å². The molecule has 1 N–H and O–H groups in total. The molecule has 6 heteroatoms. The second-order valence-corrected chi connectivity index (χ2v) is 7.31. The van der Waals surface area contributed by atoms with Gasteiger partial charge in [-0.1, -0.05) is 17.7 Å². The number of rotatable bonds is 2. The molecule has 138 valence electrons. The fourth-order valence-corrected chi connectivity index (χ4v) is 3.70. The van der Waals surface area contributed by atoms with Gasteiger partial charge in [0.15, 0.2) is 0 Å². The van der Waals surface area contributed by atoms with Crippen LogP contribution in [0.2, 0.25) is 5.02 Å². The Morgan fingerprint density at radius 2 is 1.96 bits per heavy atom. The van der Waals surface area contributed by atoms with Gasteiger partial charge in [-0.2, -0.15) is 0 Å². The summed E-state index contributed by atoms with van der Waals surface area (Å²) in [6.07, 6.45) is 1.84. The van der Waals surface area contributed by atoms with Gasteiger partial charge in [0.05, 0.1) is 23.4 Å². The largest absolute Gasteiger partial charge is 0.495 e. The average Bonchev–Trinajstić information content (AvgIpc) is 3.09. The molecule has 2 aliphatic rings. The molecule has 2 aromatic rings. The van der Waals surface area contributed by atoms with Crippen LogP contribution in [0.5, 0.6) is 5.75 Å². The number of benzene rings is 2. The van der Waals surface area contributed by atoms with Crippen molar-refractivity contribution in [1.82, 2.24) is 0 Å². The third kappa shape index (κ3) is 2.88. The zero-order valence-corrected chi connectivity index (χ0v) is 15.8. The van der Waals surface area contributed by atoms with E-state index in [-0.39, 0.29) is 5.91 Å². The Balaban J connectivity index is 1.84. The van der Waals surface area contributed by atoms with Crippen molar-refractivity contribution in [1.29, 1.82) is 0 Å². The van der Waals surface area contributed by atoms with E-state index in [0.29, 0.717) is 33.4 Å². The first kappa shape index (κ1) is 17.6. The average molecular weight is 386 g/mol. The molecule has 0 saturated heterocycles. The molecule has 0 aliphatic carbocycles. The second kappa shape index (κ2) is 6.13. The summed E-state index contributed by atoms with van der Waals surface area (Å²) in [6.45, 7) is 3.84. The number of nitrogens with one attached hydrogen (secondary N) is 1. The van der Waals surface area contributed by atoms with Crippen LogP contribution < -0.4 is 10.1 Å². The smallest absolute Gasteiger partial charge is 0.260 e. The SMILES string of the molecule is COc1ccc(C2=C/C(=C3\C(=O)Nc4cc(F)ccc43)OC2(C)C)cc1Cl. The van der Waals surface area contributed by atoms with Crippen LogP contribution in [0.1, 0.15) is 25.0 Å². The molecule has 0 unspecified atom stereocenters. The molecule has 0 fully saturated rings. The Morgan fingerprint density at radius 3 is 2.67 bits per heavy atom. The molecule has 0 spiro atoms. The van der Waals surface area contributed by atoms with Crippen LogP contribution in [0.3, 0.4) is 0 Å². The molecule has 1 amide bonds. The van der Waals surface area contributed by atoms with Gasteiger partial charge in [-0.3, -0.25) is 4.79 Å². The molecule has 4 nitrogen and oxygen atoms in total. The highest BCUT2D eigenvalue weighted by Gasteiger charge is 2.38. The number of hydrogen-bond donors (Lipinski definition) is 1. The first-order chi connectivity index (χ1) is 12.8. The van der Waals surface area contributed by atoms with Gasteiger partial charge in [0, 0.05) is 11.1 Å². The standard InChI is InChI=1S/C21H17ClFNO3/c1-21(2)14(11-4-7-17(26-3)15(22)8-11)10-18(27-21)19-13-6-5-12(23)9-16(13)24-20(19)25/h4-10H,1-3H3,(H,24,25)/b19-18+. The minimum atomic E-state index is -0.663.